The second kappa shape index (κ2) is 12.9. The Labute approximate surface area is 201 Å². The lowest BCUT2D eigenvalue weighted by Gasteiger charge is -2.31. The number of likely N-dealkylation sites (tertiary alicyclic amines) is 1. The molecule has 8 nitrogen and oxygen atoms in total. The van der Waals surface area contributed by atoms with Gasteiger partial charge in [0.15, 0.2) is 0 Å². The van der Waals surface area contributed by atoms with E-state index in [2.05, 4.69) is 22.1 Å². The number of hydrogen-bond donors (Lipinski definition) is 2. The fourth-order valence-corrected chi connectivity index (χ4v) is 7.49. The van der Waals surface area contributed by atoms with E-state index in [0.29, 0.717) is 51.2 Å². The van der Waals surface area contributed by atoms with Crippen LogP contribution in [0.5, 0.6) is 0 Å². The summed E-state index contributed by atoms with van der Waals surface area (Å²) in [6, 6.07) is 9.28. The molecule has 0 aliphatic carbocycles. The van der Waals surface area contributed by atoms with Gasteiger partial charge in [-0.2, -0.15) is 0 Å². The third-order valence-corrected chi connectivity index (χ3v) is 9.49. The molecule has 186 valence electrons. The summed E-state index contributed by atoms with van der Waals surface area (Å²) in [5, 5.41) is 9.60. The van der Waals surface area contributed by atoms with Crippen LogP contribution in [0.3, 0.4) is 0 Å². The lowest BCUT2D eigenvalue weighted by Crippen LogP contribution is -2.45. The number of amides is 1. The SMILES string of the molecule is CCOP(=O)(CCCCc1ccccc1)C(CCCc1c[nH]cn1)C(=O)N1CCC[C@H]1C(=O)O. The Morgan fingerprint density at radius 1 is 1.24 bits per heavy atom. The molecule has 1 aromatic heterocycles. The first kappa shape index (κ1) is 26.2. The van der Waals surface area contributed by atoms with Gasteiger partial charge >= 0.3 is 5.97 Å². The summed E-state index contributed by atoms with van der Waals surface area (Å²) in [6.45, 7) is 2.42. The summed E-state index contributed by atoms with van der Waals surface area (Å²) >= 11 is 0. The van der Waals surface area contributed by atoms with Crippen LogP contribution in [0.1, 0.15) is 56.7 Å². The molecule has 1 saturated heterocycles. The van der Waals surface area contributed by atoms with Gasteiger partial charge in [-0.1, -0.05) is 30.3 Å². The maximum absolute atomic E-state index is 14.2. The van der Waals surface area contributed by atoms with Crippen molar-refractivity contribution >= 4 is 19.2 Å². The van der Waals surface area contributed by atoms with Crippen LogP contribution >= 0.6 is 7.37 Å². The van der Waals surface area contributed by atoms with Crippen molar-refractivity contribution in [2.24, 2.45) is 0 Å². The summed E-state index contributed by atoms with van der Waals surface area (Å²) in [7, 11) is -3.33. The van der Waals surface area contributed by atoms with Gasteiger partial charge in [-0.05, 0) is 63.9 Å². The molecule has 9 heteroatoms. The van der Waals surface area contributed by atoms with Gasteiger partial charge in [-0.25, -0.2) is 9.78 Å². The fraction of sp³-hybridized carbons (Fsp3) is 0.560. The zero-order valence-corrected chi connectivity index (χ0v) is 20.8. The second-order valence-electron chi connectivity index (χ2n) is 8.81. The largest absolute Gasteiger partial charge is 0.480 e. The summed E-state index contributed by atoms with van der Waals surface area (Å²) in [5.41, 5.74) is 1.27. The van der Waals surface area contributed by atoms with Crippen molar-refractivity contribution < 1.29 is 23.8 Å². The summed E-state index contributed by atoms with van der Waals surface area (Å²) in [4.78, 5) is 33.9. The van der Waals surface area contributed by atoms with E-state index in [0.717, 1.165) is 18.5 Å². The van der Waals surface area contributed by atoms with E-state index in [1.165, 1.54) is 10.5 Å². The number of benzene rings is 1. The van der Waals surface area contributed by atoms with Crippen LogP contribution in [0.25, 0.3) is 0 Å². The molecule has 1 amide bonds. The average Bonchev–Trinajstić information content (AvgIpc) is 3.52. The number of carbonyl (C=O) groups is 2. The molecule has 3 atom stereocenters. The molecule has 2 unspecified atom stereocenters. The van der Waals surface area contributed by atoms with Gasteiger partial charge in [0.1, 0.15) is 11.7 Å². The van der Waals surface area contributed by atoms with Gasteiger partial charge in [0.2, 0.25) is 13.3 Å². The van der Waals surface area contributed by atoms with Gasteiger partial charge in [-0.3, -0.25) is 9.36 Å². The number of hydrogen-bond acceptors (Lipinski definition) is 5. The molecule has 1 fully saturated rings. The van der Waals surface area contributed by atoms with Crippen molar-refractivity contribution in [1.29, 1.82) is 0 Å². The summed E-state index contributed by atoms with van der Waals surface area (Å²) in [5.74, 6) is -1.35. The third kappa shape index (κ3) is 7.03. The van der Waals surface area contributed by atoms with Gasteiger partial charge in [0, 0.05) is 18.9 Å². The average molecular weight is 490 g/mol. The van der Waals surface area contributed by atoms with E-state index in [4.69, 9.17) is 4.52 Å². The van der Waals surface area contributed by atoms with Crippen molar-refractivity contribution in [2.75, 3.05) is 19.3 Å². The van der Waals surface area contributed by atoms with Gasteiger partial charge < -0.3 is 19.5 Å². The highest BCUT2D eigenvalue weighted by molar-refractivity contribution is 7.60. The first-order valence-corrected chi connectivity index (χ1v) is 14.1. The number of imidazole rings is 1. The lowest BCUT2D eigenvalue weighted by molar-refractivity contribution is -0.148. The first-order valence-electron chi connectivity index (χ1n) is 12.2. The number of nitrogens with zero attached hydrogens (tertiary/aromatic N) is 2. The molecular formula is C25H36N3O5P. The third-order valence-electron chi connectivity index (χ3n) is 6.42. The molecule has 2 N–H and O–H groups in total. The molecule has 34 heavy (non-hydrogen) atoms. The number of aromatic nitrogens is 2. The van der Waals surface area contributed by atoms with Gasteiger partial charge in [0.25, 0.3) is 0 Å². The lowest BCUT2D eigenvalue weighted by atomic mass is 10.1. The number of carbonyl (C=O) groups excluding carboxylic acids is 1. The predicted octanol–water partition coefficient (Wildman–Crippen LogP) is 4.51. The number of H-pyrrole nitrogens is 1. The highest BCUT2D eigenvalue weighted by Crippen LogP contribution is 2.55. The van der Waals surface area contributed by atoms with E-state index >= 15 is 0 Å². The zero-order valence-electron chi connectivity index (χ0n) is 19.9. The molecule has 0 radical (unpaired) electrons. The minimum absolute atomic E-state index is 0.251. The van der Waals surface area contributed by atoms with Gasteiger partial charge in [-0.15, -0.1) is 0 Å². The molecule has 0 spiro atoms. The maximum atomic E-state index is 14.2. The fourth-order valence-electron chi connectivity index (χ4n) is 4.71. The van der Waals surface area contributed by atoms with Crippen LogP contribution < -0.4 is 0 Å². The Balaban J connectivity index is 1.72. The number of aliphatic carboxylic acids is 1. The predicted molar refractivity (Wildman–Crippen MR) is 131 cm³/mol. The van der Waals surface area contributed by atoms with Crippen molar-refractivity contribution in [1.82, 2.24) is 14.9 Å². The molecule has 2 aromatic rings. The highest BCUT2D eigenvalue weighted by atomic mass is 31.2. The van der Waals surface area contributed by atoms with Crippen LogP contribution in [0, 0.1) is 0 Å². The van der Waals surface area contributed by atoms with E-state index in [-0.39, 0.29) is 12.5 Å². The van der Waals surface area contributed by atoms with Crippen LogP contribution in [0.4, 0.5) is 0 Å². The Morgan fingerprint density at radius 2 is 2.03 bits per heavy atom. The quantitative estimate of drug-likeness (QED) is 0.298. The smallest absolute Gasteiger partial charge is 0.326 e. The van der Waals surface area contributed by atoms with Crippen LogP contribution in [-0.2, 0) is 31.5 Å². The molecule has 0 saturated carbocycles. The molecule has 3 rings (SSSR count). The highest BCUT2D eigenvalue weighted by Gasteiger charge is 2.44. The van der Waals surface area contributed by atoms with Crippen LogP contribution in [-0.4, -0.2) is 62.9 Å². The number of unbranched alkanes of at least 4 members (excludes halogenated alkanes) is 1. The monoisotopic (exact) mass is 489 g/mol. The number of aromatic amines is 1. The number of rotatable bonds is 14. The Bertz CT molecular complexity index is 951. The Morgan fingerprint density at radius 3 is 2.71 bits per heavy atom. The minimum atomic E-state index is -3.33. The molecule has 2 heterocycles. The molecule has 1 aromatic carbocycles. The van der Waals surface area contributed by atoms with Gasteiger partial charge in [0.05, 0.1) is 18.6 Å². The molecule has 1 aliphatic rings. The van der Waals surface area contributed by atoms with Crippen LogP contribution in [0.2, 0.25) is 0 Å². The van der Waals surface area contributed by atoms with E-state index in [9.17, 15) is 19.3 Å². The number of carboxylic acids is 1. The summed E-state index contributed by atoms with van der Waals surface area (Å²) < 4.78 is 20.0. The molecular weight excluding hydrogens is 453 g/mol. The Hall–Kier alpha value is -2.44. The van der Waals surface area contributed by atoms with E-state index in [1.54, 1.807) is 13.3 Å². The summed E-state index contributed by atoms with van der Waals surface area (Å²) in [6.07, 6.45) is 8.84. The molecule has 0 bridgehead atoms. The van der Waals surface area contributed by atoms with E-state index in [1.807, 2.05) is 24.4 Å². The topological polar surface area (TPSA) is 113 Å². The molecule has 1 aliphatic heterocycles. The van der Waals surface area contributed by atoms with Crippen molar-refractivity contribution in [3.63, 3.8) is 0 Å². The zero-order chi connectivity index (χ0) is 24.4. The standard InChI is InChI=1S/C25H36N3O5P/c1-2-33-34(32,17-7-6-12-20-10-4-3-5-11-20)23(15-8-13-21-18-26-19-27-21)24(29)28-16-9-14-22(28)25(30)31/h3-5,10-11,18-19,22-23H,2,6-9,12-17H2,1H3,(H,26,27)(H,30,31)/t22-,23?,34?/m0/s1. The first-order chi connectivity index (χ1) is 16.4. The van der Waals surface area contributed by atoms with Crippen molar-refractivity contribution in [2.45, 2.75) is 70.0 Å². The van der Waals surface area contributed by atoms with Crippen LogP contribution in [0.15, 0.2) is 42.9 Å². The maximum Gasteiger partial charge on any atom is 0.326 e. The van der Waals surface area contributed by atoms with Crippen molar-refractivity contribution in [3.05, 3.63) is 54.1 Å². The number of aryl methyl sites for hydroxylation is 2. The Kier molecular flexibility index (Phi) is 9.90. The van der Waals surface area contributed by atoms with Crippen molar-refractivity contribution in [3.8, 4) is 0 Å². The number of nitrogens with one attached hydrogen (secondary N) is 1. The number of carboxylic acid groups (broad SMARTS) is 1. The second-order valence-corrected chi connectivity index (χ2v) is 11.6. The minimum Gasteiger partial charge on any atom is -0.480 e. The van der Waals surface area contributed by atoms with E-state index < -0.39 is 25.0 Å². The normalized spacial score (nSPS) is 18.5.